The molecule has 5 atom stereocenters. The Hall–Kier alpha value is -1.29. The molecule has 0 amide bonds. The average Bonchev–Trinajstić information content (AvgIpc) is 3.02. The van der Waals surface area contributed by atoms with Gasteiger partial charge in [0, 0.05) is 39.4 Å². The molecule has 1 saturated carbocycles. The summed E-state index contributed by atoms with van der Waals surface area (Å²) >= 11 is 6.88. The lowest BCUT2D eigenvalue weighted by atomic mass is 9.48. The molecule has 0 aliphatic heterocycles. The summed E-state index contributed by atoms with van der Waals surface area (Å²) in [6.45, 7) is 10.6. The summed E-state index contributed by atoms with van der Waals surface area (Å²) in [7, 11) is 1.91. The van der Waals surface area contributed by atoms with Crippen LogP contribution in [0.4, 0.5) is 0 Å². The second kappa shape index (κ2) is 5.12. The Morgan fingerprint density at radius 3 is 2.68 bits per heavy atom. The number of aromatic nitrogens is 1. The number of halogens is 1. The highest BCUT2D eigenvalue weighted by atomic mass is 35.5. The van der Waals surface area contributed by atoms with Crippen molar-refractivity contribution in [3.8, 4) is 0 Å². The maximum absolute atomic E-state index is 12.2. The van der Waals surface area contributed by atoms with Gasteiger partial charge in [0.15, 0.2) is 0 Å². The highest BCUT2D eigenvalue weighted by molar-refractivity contribution is 6.21. The van der Waals surface area contributed by atoms with Gasteiger partial charge in [-0.25, -0.2) is 0 Å². The first kappa shape index (κ1) is 17.1. The van der Waals surface area contributed by atoms with E-state index in [9.17, 15) is 5.11 Å². The number of likely N-dealkylation sites (N-methyl/N-ethyl adjacent to an activating group) is 1. The van der Waals surface area contributed by atoms with Crippen LogP contribution in [0.25, 0.3) is 10.9 Å². The summed E-state index contributed by atoms with van der Waals surface area (Å²) in [5, 5.41) is 16.7. The van der Waals surface area contributed by atoms with Crippen molar-refractivity contribution in [2.24, 2.45) is 11.3 Å². The third-order valence-corrected chi connectivity index (χ3v) is 7.79. The van der Waals surface area contributed by atoms with Gasteiger partial charge >= 0.3 is 0 Å². The molecule has 1 aromatic carbocycles. The third kappa shape index (κ3) is 1.84. The standard InChI is InChI=1S/C21H27ClN2O/c1-6-20(4)16(22)10-15-19(2,3)12-8-7-9-14-17(12)13(11-24-14)21(15,25)18(20)23-5/h6-9,11,15-16,18,23-25H,1,10H2,2-5H3. The normalized spacial score (nSPS) is 39.2. The van der Waals surface area contributed by atoms with Crippen LogP contribution in [0.1, 0.15) is 38.3 Å². The number of nitrogens with one attached hydrogen (secondary N) is 2. The van der Waals surface area contributed by atoms with Gasteiger partial charge in [0.05, 0.1) is 6.04 Å². The lowest BCUT2D eigenvalue weighted by molar-refractivity contribution is -0.135. The highest BCUT2D eigenvalue weighted by Crippen LogP contribution is 2.61. The Balaban J connectivity index is 2.08. The molecule has 0 spiro atoms. The van der Waals surface area contributed by atoms with E-state index in [-0.39, 0.29) is 22.8 Å². The molecule has 3 nitrogen and oxygen atoms in total. The number of aromatic amines is 1. The van der Waals surface area contributed by atoms with E-state index in [0.717, 1.165) is 22.9 Å². The molecule has 0 bridgehead atoms. The molecule has 0 saturated heterocycles. The second-order valence-electron chi connectivity index (χ2n) is 8.53. The quantitative estimate of drug-likeness (QED) is 0.560. The van der Waals surface area contributed by atoms with Gasteiger partial charge in [-0.3, -0.25) is 0 Å². The van der Waals surface area contributed by atoms with Gasteiger partial charge in [-0.05, 0) is 30.5 Å². The van der Waals surface area contributed by atoms with E-state index >= 15 is 0 Å². The van der Waals surface area contributed by atoms with E-state index in [0.29, 0.717) is 0 Å². The molecule has 2 aromatic rings. The fraction of sp³-hybridized carbons (Fsp3) is 0.524. The van der Waals surface area contributed by atoms with Crippen LogP contribution >= 0.6 is 11.6 Å². The summed E-state index contributed by atoms with van der Waals surface area (Å²) in [6, 6.07) is 6.15. The zero-order valence-corrected chi connectivity index (χ0v) is 16.1. The fourth-order valence-electron chi connectivity index (χ4n) is 5.69. The van der Waals surface area contributed by atoms with E-state index in [1.54, 1.807) is 0 Å². The number of aliphatic hydroxyl groups is 1. The Morgan fingerprint density at radius 2 is 2.04 bits per heavy atom. The molecule has 134 valence electrons. The van der Waals surface area contributed by atoms with Crippen LogP contribution in [0.2, 0.25) is 0 Å². The minimum absolute atomic E-state index is 0.0156. The van der Waals surface area contributed by atoms with Crippen molar-refractivity contribution in [1.82, 2.24) is 10.3 Å². The number of alkyl halides is 1. The molecule has 0 radical (unpaired) electrons. The molecule has 4 rings (SSSR count). The molecule has 5 unspecified atom stereocenters. The summed E-state index contributed by atoms with van der Waals surface area (Å²) in [6.07, 6.45) is 4.64. The van der Waals surface area contributed by atoms with Gasteiger partial charge in [-0.1, -0.05) is 39.0 Å². The molecule has 1 aromatic heterocycles. The summed E-state index contributed by atoms with van der Waals surface area (Å²) in [4.78, 5) is 3.37. The van der Waals surface area contributed by atoms with E-state index in [1.165, 1.54) is 5.56 Å². The molecule has 2 aliphatic carbocycles. The monoisotopic (exact) mass is 358 g/mol. The van der Waals surface area contributed by atoms with Crippen LogP contribution in [0.3, 0.4) is 0 Å². The summed E-state index contributed by atoms with van der Waals surface area (Å²) in [5.74, 6) is 0.0156. The molecule has 1 fully saturated rings. The van der Waals surface area contributed by atoms with Crippen LogP contribution in [0, 0.1) is 11.3 Å². The topological polar surface area (TPSA) is 48.0 Å². The molecular formula is C21H27ClN2O. The number of fused-ring (bicyclic) bond motifs is 2. The molecule has 2 aliphatic rings. The zero-order valence-electron chi connectivity index (χ0n) is 15.4. The van der Waals surface area contributed by atoms with Crippen molar-refractivity contribution in [1.29, 1.82) is 0 Å². The SMILES string of the molecule is C=CC1(C)C(Cl)CC2C(C)(C)c3cccc4[nH]cc(c34)C2(O)C1NC. The van der Waals surface area contributed by atoms with E-state index < -0.39 is 11.0 Å². The van der Waals surface area contributed by atoms with Crippen molar-refractivity contribution in [3.63, 3.8) is 0 Å². The molecule has 1 heterocycles. The maximum Gasteiger partial charge on any atom is 0.111 e. The van der Waals surface area contributed by atoms with Crippen LogP contribution in [0.5, 0.6) is 0 Å². The van der Waals surface area contributed by atoms with Crippen molar-refractivity contribution < 1.29 is 5.11 Å². The zero-order chi connectivity index (χ0) is 18.2. The minimum Gasteiger partial charge on any atom is -0.383 e. The second-order valence-corrected chi connectivity index (χ2v) is 9.05. The smallest absolute Gasteiger partial charge is 0.111 e. The number of hydrogen-bond acceptors (Lipinski definition) is 2. The van der Waals surface area contributed by atoms with Gasteiger partial charge in [0.1, 0.15) is 5.60 Å². The predicted molar refractivity (Wildman–Crippen MR) is 104 cm³/mol. The van der Waals surface area contributed by atoms with Gasteiger partial charge in [-0.2, -0.15) is 0 Å². The molecule has 4 heteroatoms. The largest absolute Gasteiger partial charge is 0.383 e. The van der Waals surface area contributed by atoms with Crippen molar-refractivity contribution in [3.05, 3.63) is 48.2 Å². The van der Waals surface area contributed by atoms with Crippen LogP contribution in [-0.2, 0) is 11.0 Å². The first-order valence-electron chi connectivity index (χ1n) is 9.01. The van der Waals surface area contributed by atoms with Crippen molar-refractivity contribution in [2.45, 2.75) is 49.6 Å². The molecular weight excluding hydrogens is 332 g/mol. The Bertz CT molecular complexity index is 857. The average molecular weight is 359 g/mol. The Kier molecular flexibility index (Phi) is 3.51. The van der Waals surface area contributed by atoms with Crippen LogP contribution < -0.4 is 5.32 Å². The van der Waals surface area contributed by atoms with Crippen molar-refractivity contribution in [2.75, 3.05) is 7.05 Å². The summed E-state index contributed by atoms with van der Waals surface area (Å²) in [5.41, 5.74) is 1.74. The number of H-pyrrole nitrogens is 1. The molecule has 3 N–H and O–H groups in total. The van der Waals surface area contributed by atoms with Gasteiger partial charge < -0.3 is 15.4 Å². The number of benzene rings is 1. The minimum atomic E-state index is -1.01. The van der Waals surface area contributed by atoms with Gasteiger partial charge in [0.25, 0.3) is 0 Å². The van der Waals surface area contributed by atoms with Crippen LogP contribution in [0.15, 0.2) is 37.1 Å². The predicted octanol–water partition coefficient (Wildman–Crippen LogP) is 4.05. The highest BCUT2D eigenvalue weighted by Gasteiger charge is 2.64. The van der Waals surface area contributed by atoms with E-state index in [2.05, 4.69) is 55.9 Å². The van der Waals surface area contributed by atoms with E-state index in [4.69, 9.17) is 11.6 Å². The first-order chi connectivity index (χ1) is 11.7. The number of rotatable bonds is 2. The number of hydrogen-bond donors (Lipinski definition) is 3. The third-order valence-electron chi connectivity index (χ3n) is 7.14. The van der Waals surface area contributed by atoms with E-state index in [1.807, 2.05) is 19.3 Å². The lowest BCUT2D eigenvalue weighted by Gasteiger charge is -2.61. The van der Waals surface area contributed by atoms with Gasteiger partial charge in [0.2, 0.25) is 0 Å². The van der Waals surface area contributed by atoms with Crippen LogP contribution in [-0.4, -0.2) is 28.6 Å². The fourth-order valence-corrected chi connectivity index (χ4v) is 6.08. The van der Waals surface area contributed by atoms with Crippen molar-refractivity contribution >= 4 is 22.5 Å². The first-order valence-corrected chi connectivity index (χ1v) is 9.45. The molecule has 25 heavy (non-hydrogen) atoms. The summed E-state index contributed by atoms with van der Waals surface area (Å²) < 4.78 is 0. The van der Waals surface area contributed by atoms with Gasteiger partial charge in [-0.15, -0.1) is 18.2 Å². The lowest BCUT2D eigenvalue weighted by Crippen LogP contribution is -2.69. The maximum atomic E-state index is 12.2. The Labute approximate surface area is 154 Å². The Morgan fingerprint density at radius 1 is 1.32 bits per heavy atom.